The Balaban J connectivity index is 1.86. The van der Waals surface area contributed by atoms with Crippen molar-refractivity contribution in [3.05, 3.63) is 63.4 Å². The van der Waals surface area contributed by atoms with Crippen LogP contribution in [0, 0.1) is 13.8 Å². The standard InChI is InChI=1S/C27H29N3O7S/c1-7-18-20(35-5)8-9-22(38(28,32)33)25(18)37-24-14(2)10-16(11-15(24)3)26-29-19-12-17(34-4)13-21(36-6)23(19)27(31)30-26/h8-13H,7H2,1-6H3,(H2,28,32,33)(H,29,30,31). The Morgan fingerprint density at radius 1 is 0.921 bits per heavy atom. The topological polar surface area (TPSA) is 143 Å². The zero-order valence-corrected chi connectivity index (χ0v) is 22.8. The lowest BCUT2D eigenvalue weighted by Gasteiger charge is -2.19. The number of nitrogens with one attached hydrogen (secondary N) is 1. The molecule has 0 radical (unpaired) electrons. The Morgan fingerprint density at radius 2 is 1.58 bits per heavy atom. The molecule has 200 valence electrons. The molecule has 1 heterocycles. The fourth-order valence-corrected chi connectivity index (χ4v) is 5.11. The highest BCUT2D eigenvalue weighted by atomic mass is 32.2. The first-order chi connectivity index (χ1) is 18.0. The summed E-state index contributed by atoms with van der Waals surface area (Å²) in [7, 11) is 0.421. The zero-order valence-electron chi connectivity index (χ0n) is 22.0. The maximum absolute atomic E-state index is 13.0. The Labute approximate surface area is 220 Å². The molecular weight excluding hydrogens is 510 g/mol. The van der Waals surface area contributed by atoms with Gasteiger partial charge in [-0.25, -0.2) is 18.5 Å². The first-order valence-electron chi connectivity index (χ1n) is 11.7. The van der Waals surface area contributed by atoms with E-state index in [1.54, 1.807) is 30.3 Å². The molecule has 0 amide bonds. The number of sulfonamides is 1. The van der Waals surface area contributed by atoms with Crippen LogP contribution in [-0.4, -0.2) is 39.7 Å². The molecule has 0 aliphatic heterocycles. The zero-order chi connectivity index (χ0) is 27.8. The van der Waals surface area contributed by atoms with Crippen molar-refractivity contribution in [2.45, 2.75) is 32.1 Å². The van der Waals surface area contributed by atoms with Crippen molar-refractivity contribution in [2.75, 3.05) is 21.3 Å². The lowest BCUT2D eigenvalue weighted by atomic mass is 10.0. The van der Waals surface area contributed by atoms with Crippen LogP contribution in [0.25, 0.3) is 22.3 Å². The summed E-state index contributed by atoms with van der Waals surface area (Å²) in [5.41, 5.74) is 2.65. The fourth-order valence-electron chi connectivity index (χ4n) is 4.43. The summed E-state index contributed by atoms with van der Waals surface area (Å²) in [5.74, 6) is 2.26. The molecule has 4 rings (SSSR count). The van der Waals surface area contributed by atoms with Crippen molar-refractivity contribution in [1.82, 2.24) is 9.97 Å². The largest absolute Gasteiger partial charge is 0.497 e. The summed E-state index contributed by atoms with van der Waals surface area (Å²) < 4.78 is 47.0. The van der Waals surface area contributed by atoms with E-state index >= 15 is 0 Å². The number of methoxy groups -OCH3 is 3. The molecule has 10 nitrogen and oxygen atoms in total. The van der Waals surface area contributed by atoms with Crippen LogP contribution in [-0.2, 0) is 16.4 Å². The second-order valence-electron chi connectivity index (χ2n) is 8.65. The number of ether oxygens (including phenoxy) is 4. The lowest BCUT2D eigenvalue weighted by molar-refractivity contribution is 0.397. The van der Waals surface area contributed by atoms with E-state index in [9.17, 15) is 13.2 Å². The monoisotopic (exact) mass is 539 g/mol. The third kappa shape index (κ3) is 4.90. The predicted molar refractivity (Wildman–Crippen MR) is 144 cm³/mol. The summed E-state index contributed by atoms with van der Waals surface area (Å²) in [6.45, 7) is 5.51. The molecule has 0 bridgehead atoms. The number of H-pyrrole nitrogens is 1. The second-order valence-corrected chi connectivity index (χ2v) is 10.2. The minimum Gasteiger partial charge on any atom is -0.497 e. The minimum atomic E-state index is -4.08. The molecule has 3 aromatic carbocycles. The Bertz CT molecular complexity index is 1690. The van der Waals surface area contributed by atoms with Gasteiger partial charge in [-0.05, 0) is 55.7 Å². The molecule has 0 aliphatic carbocycles. The van der Waals surface area contributed by atoms with Gasteiger partial charge >= 0.3 is 0 Å². The highest BCUT2D eigenvalue weighted by Crippen LogP contribution is 2.41. The van der Waals surface area contributed by atoms with Crippen molar-refractivity contribution in [3.63, 3.8) is 0 Å². The SMILES string of the molecule is CCc1c(OC)ccc(S(N)(=O)=O)c1Oc1c(C)cc(-c2nc3cc(OC)cc(OC)c3c(=O)[nH]2)cc1C. The van der Waals surface area contributed by atoms with Crippen LogP contribution in [0.3, 0.4) is 0 Å². The van der Waals surface area contributed by atoms with Gasteiger partial charge in [0.1, 0.15) is 39.1 Å². The van der Waals surface area contributed by atoms with E-state index in [4.69, 9.17) is 24.1 Å². The normalized spacial score (nSPS) is 11.4. The van der Waals surface area contributed by atoms with Gasteiger partial charge in [-0.2, -0.15) is 0 Å². The number of fused-ring (bicyclic) bond motifs is 1. The van der Waals surface area contributed by atoms with Crippen molar-refractivity contribution >= 4 is 20.9 Å². The highest BCUT2D eigenvalue weighted by molar-refractivity contribution is 7.89. The van der Waals surface area contributed by atoms with Crippen LogP contribution in [0.15, 0.2) is 46.1 Å². The molecule has 1 aromatic heterocycles. The van der Waals surface area contributed by atoms with Gasteiger partial charge in [0.15, 0.2) is 5.75 Å². The Kier molecular flexibility index (Phi) is 7.34. The quantitative estimate of drug-likeness (QED) is 0.339. The molecule has 4 aromatic rings. The van der Waals surface area contributed by atoms with Crippen LogP contribution in [0.5, 0.6) is 28.7 Å². The number of aromatic nitrogens is 2. The van der Waals surface area contributed by atoms with Crippen LogP contribution >= 0.6 is 0 Å². The molecule has 0 saturated heterocycles. The summed E-state index contributed by atoms with van der Waals surface area (Å²) in [4.78, 5) is 20.3. The number of benzene rings is 3. The summed E-state index contributed by atoms with van der Waals surface area (Å²) in [6.07, 6.45) is 0.452. The number of rotatable bonds is 8. The van der Waals surface area contributed by atoms with Gasteiger partial charge < -0.3 is 23.9 Å². The number of aryl methyl sites for hydroxylation is 2. The summed E-state index contributed by atoms with van der Waals surface area (Å²) in [6, 6.07) is 9.81. The van der Waals surface area contributed by atoms with E-state index in [-0.39, 0.29) is 16.2 Å². The number of nitrogens with zero attached hydrogens (tertiary/aromatic N) is 1. The second kappa shape index (κ2) is 10.3. The van der Waals surface area contributed by atoms with Crippen LogP contribution in [0.2, 0.25) is 0 Å². The number of nitrogens with two attached hydrogens (primary N) is 1. The first kappa shape index (κ1) is 27.0. The van der Waals surface area contributed by atoms with E-state index in [1.807, 2.05) is 20.8 Å². The third-order valence-corrected chi connectivity index (χ3v) is 7.14. The van der Waals surface area contributed by atoms with Gasteiger partial charge in [0.25, 0.3) is 5.56 Å². The summed E-state index contributed by atoms with van der Waals surface area (Å²) in [5, 5.41) is 5.81. The van der Waals surface area contributed by atoms with E-state index in [0.717, 1.165) is 0 Å². The van der Waals surface area contributed by atoms with E-state index in [1.165, 1.54) is 27.4 Å². The van der Waals surface area contributed by atoms with Gasteiger partial charge in [-0.15, -0.1) is 0 Å². The number of hydrogen-bond acceptors (Lipinski definition) is 8. The smallest absolute Gasteiger partial charge is 0.262 e. The Morgan fingerprint density at radius 3 is 2.13 bits per heavy atom. The molecule has 3 N–H and O–H groups in total. The molecular formula is C27H29N3O7S. The van der Waals surface area contributed by atoms with Gasteiger partial charge in [0.05, 0.1) is 26.8 Å². The Hall–Kier alpha value is -4.09. The molecule has 0 spiro atoms. The van der Waals surface area contributed by atoms with Gasteiger partial charge in [-0.1, -0.05) is 6.92 Å². The molecule has 0 atom stereocenters. The highest BCUT2D eigenvalue weighted by Gasteiger charge is 2.24. The average Bonchev–Trinajstić information content (AvgIpc) is 2.88. The van der Waals surface area contributed by atoms with Crippen molar-refractivity contribution in [2.24, 2.45) is 5.14 Å². The van der Waals surface area contributed by atoms with Crippen LogP contribution < -0.4 is 29.6 Å². The fraction of sp³-hybridized carbons (Fsp3) is 0.259. The maximum atomic E-state index is 13.0. The number of primary sulfonamides is 1. The maximum Gasteiger partial charge on any atom is 0.262 e. The molecule has 0 saturated carbocycles. The molecule has 11 heteroatoms. The average molecular weight is 540 g/mol. The number of hydrogen-bond donors (Lipinski definition) is 2. The van der Waals surface area contributed by atoms with Gasteiger partial charge in [0.2, 0.25) is 10.0 Å². The minimum absolute atomic E-state index is 0.115. The van der Waals surface area contributed by atoms with Gasteiger partial charge in [-0.3, -0.25) is 4.79 Å². The van der Waals surface area contributed by atoms with Crippen LogP contribution in [0.1, 0.15) is 23.6 Å². The van der Waals surface area contributed by atoms with E-state index < -0.39 is 10.0 Å². The van der Waals surface area contributed by atoms with Crippen molar-refractivity contribution in [3.8, 4) is 40.1 Å². The van der Waals surface area contributed by atoms with E-state index in [2.05, 4.69) is 9.97 Å². The van der Waals surface area contributed by atoms with Crippen molar-refractivity contribution in [1.29, 1.82) is 0 Å². The molecule has 0 unspecified atom stereocenters. The van der Waals surface area contributed by atoms with Crippen molar-refractivity contribution < 1.29 is 27.4 Å². The first-order valence-corrected chi connectivity index (χ1v) is 13.2. The van der Waals surface area contributed by atoms with E-state index in [0.29, 0.717) is 68.4 Å². The number of aromatic amines is 1. The van der Waals surface area contributed by atoms with Gasteiger partial charge in [0, 0.05) is 23.3 Å². The summed E-state index contributed by atoms with van der Waals surface area (Å²) >= 11 is 0. The molecule has 0 fully saturated rings. The predicted octanol–water partition coefficient (Wildman–Crippen LogP) is 4.23. The lowest BCUT2D eigenvalue weighted by Crippen LogP contribution is -2.15. The molecule has 0 aliphatic rings. The molecule has 38 heavy (non-hydrogen) atoms. The third-order valence-electron chi connectivity index (χ3n) is 6.20. The van der Waals surface area contributed by atoms with Crippen LogP contribution in [0.4, 0.5) is 0 Å².